The molecule has 0 radical (unpaired) electrons. The van der Waals surface area contributed by atoms with Crippen molar-refractivity contribution in [1.82, 2.24) is 9.97 Å². The molecule has 0 saturated carbocycles. The lowest BCUT2D eigenvalue weighted by molar-refractivity contribution is -0.385. The number of anilines is 2. The second kappa shape index (κ2) is 6.27. The molecule has 8 nitrogen and oxygen atoms in total. The highest BCUT2D eigenvalue weighted by atomic mass is 79.9. The summed E-state index contributed by atoms with van der Waals surface area (Å²) < 4.78 is 0.600. The molecule has 2 aromatic heterocycles. The first kappa shape index (κ1) is 14.9. The zero-order chi connectivity index (χ0) is 15.4. The zero-order valence-electron chi connectivity index (χ0n) is 10.8. The van der Waals surface area contributed by atoms with Crippen LogP contribution in [0.5, 0.6) is 0 Å². The van der Waals surface area contributed by atoms with Gasteiger partial charge in [-0.05, 0) is 28.1 Å². The van der Waals surface area contributed by atoms with Gasteiger partial charge in [0.25, 0.3) is 11.6 Å². The zero-order valence-corrected chi connectivity index (χ0v) is 12.4. The molecule has 0 spiro atoms. The Morgan fingerprint density at radius 3 is 2.76 bits per heavy atom. The molecule has 21 heavy (non-hydrogen) atoms. The van der Waals surface area contributed by atoms with Crippen molar-refractivity contribution in [2.24, 2.45) is 0 Å². The Bertz CT molecular complexity index is 707. The van der Waals surface area contributed by atoms with Gasteiger partial charge in [0.15, 0.2) is 0 Å². The topological polar surface area (TPSA) is 110 Å². The van der Waals surface area contributed by atoms with Crippen LogP contribution in [0.2, 0.25) is 0 Å². The third-order valence-corrected chi connectivity index (χ3v) is 3.20. The largest absolute Gasteiger partial charge is 0.372 e. The Morgan fingerprint density at radius 1 is 1.38 bits per heavy atom. The fourth-order valence-corrected chi connectivity index (χ4v) is 1.93. The van der Waals surface area contributed by atoms with Gasteiger partial charge >= 0.3 is 0 Å². The molecule has 0 aliphatic rings. The lowest BCUT2D eigenvalue weighted by Gasteiger charge is -2.09. The van der Waals surface area contributed by atoms with Crippen molar-refractivity contribution < 1.29 is 9.72 Å². The Morgan fingerprint density at radius 2 is 2.14 bits per heavy atom. The van der Waals surface area contributed by atoms with E-state index in [9.17, 15) is 14.9 Å². The normalized spacial score (nSPS) is 10.0. The van der Waals surface area contributed by atoms with Gasteiger partial charge in [-0.3, -0.25) is 14.9 Å². The predicted molar refractivity (Wildman–Crippen MR) is 80.3 cm³/mol. The molecule has 0 aromatic carbocycles. The third kappa shape index (κ3) is 3.31. The first-order valence-corrected chi connectivity index (χ1v) is 6.56. The van der Waals surface area contributed by atoms with Crippen LogP contribution in [0.1, 0.15) is 10.4 Å². The van der Waals surface area contributed by atoms with E-state index in [1.165, 1.54) is 6.20 Å². The van der Waals surface area contributed by atoms with Crippen LogP contribution < -0.4 is 10.6 Å². The molecule has 1 amide bonds. The van der Waals surface area contributed by atoms with Crippen molar-refractivity contribution in [1.29, 1.82) is 0 Å². The van der Waals surface area contributed by atoms with Crippen LogP contribution in [-0.2, 0) is 0 Å². The number of nitrogens with zero attached hydrogens (tertiary/aromatic N) is 3. The maximum atomic E-state index is 12.2. The molecule has 0 aliphatic heterocycles. The summed E-state index contributed by atoms with van der Waals surface area (Å²) in [5, 5.41) is 16.1. The maximum Gasteiger partial charge on any atom is 0.288 e. The second-order valence-corrected chi connectivity index (χ2v) is 4.74. The molecule has 0 atom stereocenters. The summed E-state index contributed by atoms with van der Waals surface area (Å²) in [5.41, 5.74) is -0.205. The molecule has 0 unspecified atom stereocenters. The lowest BCUT2D eigenvalue weighted by atomic mass is 10.2. The number of amides is 1. The number of nitrogens with one attached hydrogen (secondary N) is 2. The van der Waals surface area contributed by atoms with E-state index in [1.54, 1.807) is 19.2 Å². The average molecular weight is 352 g/mol. The third-order valence-electron chi connectivity index (χ3n) is 2.56. The smallest absolute Gasteiger partial charge is 0.288 e. The van der Waals surface area contributed by atoms with Crippen LogP contribution in [0.3, 0.4) is 0 Å². The SMILES string of the molecule is CNc1ncc([N+](=O)[O-])cc1C(=O)Nc1ncccc1Br. The van der Waals surface area contributed by atoms with Gasteiger partial charge in [0.2, 0.25) is 0 Å². The van der Waals surface area contributed by atoms with Crippen molar-refractivity contribution in [3.63, 3.8) is 0 Å². The Kier molecular flexibility index (Phi) is 4.43. The van der Waals surface area contributed by atoms with E-state index in [1.807, 2.05) is 0 Å². The molecule has 0 aliphatic carbocycles. The monoisotopic (exact) mass is 351 g/mol. The average Bonchev–Trinajstić information content (AvgIpc) is 2.48. The quantitative estimate of drug-likeness (QED) is 0.646. The molecule has 2 N–H and O–H groups in total. The fourth-order valence-electron chi connectivity index (χ4n) is 1.58. The van der Waals surface area contributed by atoms with E-state index in [0.717, 1.165) is 12.3 Å². The highest BCUT2D eigenvalue weighted by molar-refractivity contribution is 9.10. The van der Waals surface area contributed by atoms with Crippen LogP contribution in [0.4, 0.5) is 17.3 Å². The van der Waals surface area contributed by atoms with Crippen LogP contribution >= 0.6 is 15.9 Å². The van der Waals surface area contributed by atoms with Crippen molar-refractivity contribution in [2.75, 3.05) is 17.7 Å². The lowest BCUT2D eigenvalue weighted by Crippen LogP contribution is -2.16. The number of hydrogen-bond donors (Lipinski definition) is 2. The highest BCUT2D eigenvalue weighted by Crippen LogP contribution is 2.22. The van der Waals surface area contributed by atoms with E-state index in [-0.39, 0.29) is 17.1 Å². The number of halogens is 1. The molecular weight excluding hydrogens is 342 g/mol. The number of carbonyl (C=O) groups excluding carboxylic acids is 1. The van der Waals surface area contributed by atoms with Gasteiger partial charge in [-0.1, -0.05) is 0 Å². The molecule has 9 heteroatoms. The minimum Gasteiger partial charge on any atom is -0.372 e. The summed E-state index contributed by atoms with van der Waals surface area (Å²) in [6.07, 6.45) is 2.60. The molecule has 0 fully saturated rings. The number of hydrogen-bond acceptors (Lipinski definition) is 6. The van der Waals surface area contributed by atoms with E-state index in [4.69, 9.17) is 0 Å². The Hall–Kier alpha value is -2.55. The first-order chi connectivity index (χ1) is 10.0. The number of nitro groups is 1. The van der Waals surface area contributed by atoms with Crippen LogP contribution in [0, 0.1) is 10.1 Å². The van der Waals surface area contributed by atoms with Gasteiger partial charge in [-0.15, -0.1) is 0 Å². The van der Waals surface area contributed by atoms with Gasteiger partial charge < -0.3 is 10.6 Å². The molecule has 0 saturated heterocycles. The van der Waals surface area contributed by atoms with Gasteiger partial charge in [0.1, 0.15) is 17.8 Å². The summed E-state index contributed by atoms with van der Waals surface area (Å²) in [5.74, 6) is 0.0103. The number of carbonyl (C=O) groups is 1. The van der Waals surface area contributed by atoms with Gasteiger partial charge in [0.05, 0.1) is 15.0 Å². The minimum atomic E-state index is -0.611. The van der Waals surface area contributed by atoms with E-state index in [2.05, 4.69) is 36.5 Å². The van der Waals surface area contributed by atoms with Crippen molar-refractivity contribution in [3.05, 3.63) is 50.7 Å². The van der Waals surface area contributed by atoms with Crippen LogP contribution in [0.15, 0.2) is 35.1 Å². The van der Waals surface area contributed by atoms with Gasteiger partial charge in [-0.2, -0.15) is 0 Å². The predicted octanol–water partition coefficient (Wildman–Crippen LogP) is 2.44. The molecule has 108 valence electrons. The summed E-state index contributed by atoms with van der Waals surface area (Å²) in [6.45, 7) is 0. The molecule has 2 rings (SSSR count). The van der Waals surface area contributed by atoms with Crippen molar-refractivity contribution >= 4 is 39.2 Å². The Labute approximate surface area is 127 Å². The fraction of sp³-hybridized carbons (Fsp3) is 0.0833. The summed E-state index contributed by atoms with van der Waals surface area (Å²) in [7, 11) is 1.57. The standard InChI is InChI=1S/C12H10BrN5O3/c1-14-10-8(5-7(6-16-10)18(20)21)12(19)17-11-9(13)3-2-4-15-11/h2-6H,1H3,(H,14,16)(H,15,17,19). The molecule has 2 heterocycles. The number of aromatic nitrogens is 2. The van der Waals surface area contributed by atoms with E-state index in [0.29, 0.717) is 10.3 Å². The second-order valence-electron chi connectivity index (χ2n) is 3.88. The number of rotatable bonds is 4. The van der Waals surface area contributed by atoms with Crippen LogP contribution in [0.25, 0.3) is 0 Å². The maximum absolute atomic E-state index is 12.2. The minimum absolute atomic E-state index is 0.0595. The van der Waals surface area contributed by atoms with Gasteiger partial charge in [-0.25, -0.2) is 9.97 Å². The highest BCUT2D eigenvalue weighted by Gasteiger charge is 2.18. The van der Waals surface area contributed by atoms with E-state index < -0.39 is 10.8 Å². The van der Waals surface area contributed by atoms with Crippen molar-refractivity contribution in [2.45, 2.75) is 0 Å². The Balaban J connectivity index is 2.36. The number of pyridine rings is 2. The van der Waals surface area contributed by atoms with Crippen molar-refractivity contribution in [3.8, 4) is 0 Å². The van der Waals surface area contributed by atoms with E-state index >= 15 is 0 Å². The summed E-state index contributed by atoms with van der Waals surface area (Å²) in [4.78, 5) is 30.3. The molecule has 0 bridgehead atoms. The van der Waals surface area contributed by atoms with Gasteiger partial charge in [0, 0.05) is 19.3 Å². The molecular formula is C12H10BrN5O3. The van der Waals surface area contributed by atoms with Crippen LogP contribution in [-0.4, -0.2) is 27.8 Å². The first-order valence-electron chi connectivity index (χ1n) is 5.77. The molecule has 2 aromatic rings. The summed E-state index contributed by atoms with van der Waals surface area (Å²) in [6, 6.07) is 4.58. The summed E-state index contributed by atoms with van der Waals surface area (Å²) >= 11 is 3.25.